The van der Waals surface area contributed by atoms with Gasteiger partial charge in [-0.3, -0.25) is 0 Å². The van der Waals surface area contributed by atoms with Crippen molar-refractivity contribution >= 4 is 29.5 Å². The van der Waals surface area contributed by atoms with Crippen molar-refractivity contribution in [1.29, 1.82) is 0 Å². The van der Waals surface area contributed by atoms with Gasteiger partial charge in [0.15, 0.2) is 0 Å². The average Bonchev–Trinajstić information content (AvgIpc) is 2.73. The summed E-state index contributed by atoms with van der Waals surface area (Å²) in [6.07, 6.45) is 6.08. The van der Waals surface area contributed by atoms with Gasteiger partial charge in [0, 0.05) is 6.42 Å². The van der Waals surface area contributed by atoms with Gasteiger partial charge in [-0.15, -0.1) is 0 Å². The van der Waals surface area contributed by atoms with Crippen molar-refractivity contribution in [2.24, 2.45) is 0 Å². The van der Waals surface area contributed by atoms with Crippen molar-refractivity contribution < 1.29 is 21.8 Å². The molecule has 0 unspecified atom stereocenters. The summed E-state index contributed by atoms with van der Waals surface area (Å²) in [6, 6.07) is 33.0. The highest BCUT2D eigenvalue weighted by molar-refractivity contribution is 7.95. The van der Waals surface area contributed by atoms with E-state index in [0.29, 0.717) is 6.42 Å². The second-order valence-corrected chi connectivity index (χ2v) is 10.2. The predicted molar refractivity (Wildman–Crippen MR) is 115 cm³/mol. The molecule has 1 nitrogen and oxygen atoms in total. The van der Waals surface area contributed by atoms with Gasteiger partial charge in [-0.25, -0.2) is 0 Å². The fraction of sp³-hybridized carbons (Fsp3) is 0.208. The van der Waals surface area contributed by atoms with Crippen LogP contribution in [-0.4, -0.2) is 12.4 Å². The van der Waals surface area contributed by atoms with Gasteiger partial charge in [-0.2, -0.15) is 0 Å². The summed E-state index contributed by atoms with van der Waals surface area (Å²) in [7, 11) is -1.69. The molecule has 140 valence electrons. The van der Waals surface area contributed by atoms with E-state index in [2.05, 4.69) is 91.0 Å². The number of aldehydes is 1. The van der Waals surface area contributed by atoms with E-state index in [-0.39, 0.29) is 17.0 Å². The van der Waals surface area contributed by atoms with E-state index in [4.69, 9.17) is 0 Å². The fourth-order valence-corrected chi connectivity index (χ4v) is 8.05. The lowest BCUT2D eigenvalue weighted by Crippen LogP contribution is -3.00. The van der Waals surface area contributed by atoms with Crippen LogP contribution in [0.25, 0.3) is 0 Å². The number of rotatable bonds is 9. The summed E-state index contributed by atoms with van der Waals surface area (Å²) >= 11 is 0. The molecule has 0 amide bonds. The monoisotopic (exact) mass is 440 g/mol. The zero-order valence-corrected chi connectivity index (χ0v) is 18.0. The first kappa shape index (κ1) is 21.5. The van der Waals surface area contributed by atoms with Gasteiger partial charge in [0.05, 0.1) is 6.16 Å². The first-order valence-corrected chi connectivity index (χ1v) is 11.3. The van der Waals surface area contributed by atoms with Crippen LogP contribution in [-0.2, 0) is 4.79 Å². The SMILES string of the molecule is O=CCCCCC[P+](c1ccccc1)(c1ccccc1)c1ccccc1.[Br-]. The summed E-state index contributed by atoms with van der Waals surface area (Å²) in [6.45, 7) is 0. The first-order valence-electron chi connectivity index (χ1n) is 9.36. The van der Waals surface area contributed by atoms with Crippen LogP contribution < -0.4 is 32.9 Å². The van der Waals surface area contributed by atoms with E-state index in [9.17, 15) is 4.79 Å². The van der Waals surface area contributed by atoms with Gasteiger partial charge < -0.3 is 21.8 Å². The molecule has 3 aromatic carbocycles. The summed E-state index contributed by atoms with van der Waals surface area (Å²) in [4.78, 5) is 10.6. The molecular formula is C24H26BrOP. The van der Waals surface area contributed by atoms with Crippen molar-refractivity contribution in [3.05, 3.63) is 91.0 Å². The molecule has 3 heteroatoms. The Morgan fingerprint density at radius 2 is 1.00 bits per heavy atom. The van der Waals surface area contributed by atoms with E-state index >= 15 is 0 Å². The first-order chi connectivity index (χ1) is 12.9. The number of carbonyl (C=O) groups excluding carboxylic acids is 1. The van der Waals surface area contributed by atoms with Crippen LogP contribution in [0.2, 0.25) is 0 Å². The third-order valence-corrected chi connectivity index (χ3v) is 9.43. The van der Waals surface area contributed by atoms with E-state index in [0.717, 1.165) is 31.7 Å². The van der Waals surface area contributed by atoms with Crippen LogP contribution in [0.15, 0.2) is 91.0 Å². The Balaban J connectivity index is 0.00000261. The van der Waals surface area contributed by atoms with Crippen molar-refractivity contribution in [1.82, 2.24) is 0 Å². The number of halogens is 1. The molecule has 0 saturated carbocycles. The third kappa shape index (κ3) is 5.15. The second-order valence-electron chi connectivity index (χ2n) is 6.56. The maximum Gasteiger partial charge on any atom is 0.119 e. The van der Waals surface area contributed by atoms with Gasteiger partial charge in [0.25, 0.3) is 0 Å². The fourth-order valence-electron chi connectivity index (χ4n) is 3.64. The summed E-state index contributed by atoms with van der Waals surface area (Å²) in [5, 5.41) is 4.31. The highest BCUT2D eigenvalue weighted by atomic mass is 79.9. The molecule has 0 atom stereocenters. The summed E-state index contributed by atoms with van der Waals surface area (Å²) < 4.78 is 0. The molecule has 0 radical (unpaired) electrons. The maximum atomic E-state index is 10.6. The van der Waals surface area contributed by atoms with E-state index in [1.165, 1.54) is 15.9 Å². The minimum Gasteiger partial charge on any atom is -1.00 e. The number of carbonyl (C=O) groups is 1. The molecule has 0 aliphatic rings. The largest absolute Gasteiger partial charge is 1.00 e. The van der Waals surface area contributed by atoms with Crippen molar-refractivity contribution in [3.8, 4) is 0 Å². The lowest BCUT2D eigenvalue weighted by Gasteiger charge is -2.27. The molecule has 0 saturated heterocycles. The molecule has 0 bridgehead atoms. The smallest absolute Gasteiger partial charge is 0.119 e. The number of unbranched alkanes of at least 4 members (excludes halogenated alkanes) is 3. The van der Waals surface area contributed by atoms with Crippen molar-refractivity contribution in [2.45, 2.75) is 25.7 Å². The molecule has 0 heterocycles. The van der Waals surface area contributed by atoms with E-state index < -0.39 is 7.26 Å². The minimum atomic E-state index is -1.69. The Hall–Kier alpha value is -1.76. The summed E-state index contributed by atoms with van der Waals surface area (Å²) in [5.74, 6) is 0. The quantitative estimate of drug-likeness (QED) is 0.281. The maximum absolute atomic E-state index is 10.6. The predicted octanol–water partition coefficient (Wildman–Crippen LogP) is 1.74. The van der Waals surface area contributed by atoms with Crippen LogP contribution in [0.5, 0.6) is 0 Å². The van der Waals surface area contributed by atoms with Crippen LogP contribution in [0.4, 0.5) is 0 Å². The topological polar surface area (TPSA) is 17.1 Å². The normalized spacial score (nSPS) is 10.8. The Labute approximate surface area is 173 Å². The van der Waals surface area contributed by atoms with Crippen LogP contribution >= 0.6 is 7.26 Å². The zero-order chi connectivity index (χ0) is 18.1. The zero-order valence-electron chi connectivity index (χ0n) is 15.5. The lowest BCUT2D eigenvalue weighted by molar-refractivity contribution is -0.107. The molecule has 0 aliphatic heterocycles. The van der Waals surface area contributed by atoms with Crippen LogP contribution in [0.3, 0.4) is 0 Å². The van der Waals surface area contributed by atoms with E-state index in [1.807, 2.05) is 0 Å². The van der Waals surface area contributed by atoms with Gasteiger partial charge in [-0.05, 0) is 55.7 Å². The molecular weight excluding hydrogens is 415 g/mol. The molecule has 3 aromatic rings. The standard InChI is InChI=1S/C24H26OP.BrH/c25-20-12-1-2-13-21-26(22-14-6-3-7-15-22,23-16-8-4-9-17-23)24-18-10-5-11-19-24;/h3-11,14-20H,1-2,12-13,21H2;1H/q+1;/p-1. The Morgan fingerprint density at radius 3 is 1.37 bits per heavy atom. The van der Waals surface area contributed by atoms with Crippen LogP contribution in [0.1, 0.15) is 25.7 Å². The Bertz CT molecular complexity index is 694. The van der Waals surface area contributed by atoms with Gasteiger partial charge in [-0.1, -0.05) is 54.6 Å². The van der Waals surface area contributed by atoms with Crippen LogP contribution in [0, 0.1) is 0 Å². The second kappa shape index (κ2) is 11.2. The minimum absolute atomic E-state index is 0. The van der Waals surface area contributed by atoms with Gasteiger partial charge in [0.2, 0.25) is 0 Å². The Kier molecular flexibility index (Phi) is 8.91. The molecule has 3 rings (SSSR count). The lowest BCUT2D eigenvalue weighted by atomic mass is 10.2. The number of hydrogen-bond acceptors (Lipinski definition) is 1. The average molecular weight is 441 g/mol. The molecule has 0 fully saturated rings. The van der Waals surface area contributed by atoms with Gasteiger partial charge >= 0.3 is 0 Å². The summed E-state index contributed by atoms with van der Waals surface area (Å²) in [5.41, 5.74) is 0. The molecule has 0 spiro atoms. The molecule has 0 aromatic heterocycles. The van der Waals surface area contributed by atoms with Crippen molar-refractivity contribution in [3.63, 3.8) is 0 Å². The van der Waals surface area contributed by atoms with Crippen molar-refractivity contribution in [2.75, 3.05) is 6.16 Å². The highest BCUT2D eigenvalue weighted by Gasteiger charge is 2.44. The number of hydrogen-bond donors (Lipinski definition) is 0. The Morgan fingerprint density at radius 1 is 0.593 bits per heavy atom. The van der Waals surface area contributed by atoms with Gasteiger partial charge in [0.1, 0.15) is 29.5 Å². The third-order valence-electron chi connectivity index (χ3n) is 4.91. The molecule has 0 aliphatic carbocycles. The molecule has 0 N–H and O–H groups in total. The molecule has 27 heavy (non-hydrogen) atoms. The number of benzene rings is 3. The highest BCUT2D eigenvalue weighted by Crippen LogP contribution is 2.55. The van der Waals surface area contributed by atoms with E-state index in [1.54, 1.807) is 0 Å².